The van der Waals surface area contributed by atoms with Crippen molar-refractivity contribution in [2.24, 2.45) is 0 Å². The average Bonchev–Trinajstić information content (AvgIpc) is 3.00. The standard InChI is InChI=1S/C23H26ClN3O4/c1-4-31-18-9-8-15(13-17(18)24)21(28)19-20(16-7-5-10-25-14-16)27(23(30)22(19)29)12-6-11-26(2)3/h5,7-10,13-14,20,28H,4,6,11-12H2,1-3H3/b21-19-. The van der Waals surface area contributed by atoms with Crippen LogP contribution in [0.25, 0.3) is 5.76 Å². The minimum absolute atomic E-state index is 0.0306. The van der Waals surface area contributed by atoms with Crippen molar-refractivity contribution >= 4 is 29.1 Å². The van der Waals surface area contributed by atoms with Crippen molar-refractivity contribution in [3.63, 3.8) is 0 Å². The Labute approximate surface area is 186 Å². The highest BCUT2D eigenvalue weighted by Crippen LogP contribution is 2.40. The highest BCUT2D eigenvalue weighted by Gasteiger charge is 2.45. The second-order valence-electron chi connectivity index (χ2n) is 7.51. The van der Waals surface area contributed by atoms with Crippen LogP contribution in [0.3, 0.4) is 0 Å². The van der Waals surface area contributed by atoms with Crippen LogP contribution in [0.2, 0.25) is 5.02 Å². The number of rotatable bonds is 8. The van der Waals surface area contributed by atoms with E-state index in [0.717, 1.165) is 6.54 Å². The van der Waals surface area contributed by atoms with E-state index in [1.165, 1.54) is 11.0 Å². The number of aliphatic hydroxyl groups is 1. The van der Waals surface area contributed by atoms with Crippen molar-refractivity contribution in [2.45, 2.75) is 19.4 Å². The van der Waals surface area contributed by atoms with E-state index in [9.17, 15) is 14.7 Å². The molecule has 1 N–H and O–H groups in total. The van der Waals surface area contributed by atoms with E-state index >= 15 is 0 Å². The molecule has 8 heteroatoms. The Morgan fingerprint density at radius 1 is 1.29 bits per heavy atom. The number of ether oxygens (including phenoxy) is 1. The number of hydrogen-bond acceptors (Lipinski definition) is 6. The zero-order valence-corrected chi connectivity index (χ0v) is 18.6. The monoisotopic (exact) mass is 443 g/mol. The quantitative estimate of drug-likeness (QED) is 0.382. The summed E-state index contributed by atoms with van der Waals surface area (Å²) >= 11 is 6.27. The van der Waals surface area contributed by atoms with E-state index in [-0.39, 0.29) is 11.3 Å². The van der Waals surface area contributed by atoms with Crippen molar-refractivity contribution in [1.82, 2.24) is 14.8 Å². The maximum Gasteiger partial charge on any atom is 0.295 e. The zero-order valence-electron chi connectivity index (χ0n) is 17.8. The van der Waals surface area contributed by atoms with Gasteiger partial charge in [0.25, 0.3) is 11.7 Å². The van der Waals surface area contributed by atoms with Crippen molar-refractivity contribution < 1.29 is 19.4 Å². The number of halogens is 1. The summed E-state index contributed by atoms with van der Waals surface area (Å²) in [7, 11) is 3.89. The van der Waals surface area contributed by atoms with E-state index in [2.05, 4.69) is 4.98 Å². The molecule has 1 aliphatic rings. The predicted octanol–water partition coefficient (Wildman–Crippen LogP) is 3.51. The van der Waals surface area contributed by atoms with Gasteiger partial charge in [-0.2, -0.15) is 0 Å². The molecule has 2 aromatic rings. The summed E-state index contributed by atoms with van der Waals surface area (Å²) in [6, 6.07) is 7.59. The van der Waals surface area contributed by atoms with Gasteiger partial charge in [0.2, 0.25) is 0 Å². The molecular formula is C23H26ClN3O4. The summed E-state index contributed by atoms with van der Waals surface area (Å²) in [6.45, 7) is 3.43. The summed E-state index contributed by atoms with van der Waals surface area (Å²) in [5.74, 6) is -1.15. The Bertz CT molecular complexity index is 992. The van der Waals surface area contributed by atoms with Crippen LogP contribution in [0.15, 0.2) is 48.3 Å². The van der Waals surface area contributed by atoms with Crippen LogP contribution in [0.5, 0.6) is 5.75 Å². The van der Waals surface area contributed by atoms with Gasteiger partial charge in [0.1, 0.15) is 11.5 Å². The molecule has 0 spiro atoms. The maximum atomic E-state index is 13.0. The Morgan fingerprint density at radius 2 is 2.06 bits per heavy atom. The van der Waals surface area contributed by atoms with Gasteiger partial charge >= 0.3 is 0 Å². The number of amides is 1. The number of likely N-dealkylation sites (tertiary alicyclic amines) is 1. The highest BCUT2D eigenvalue weighted by molar-refractivity contribution is 6.46. The molecule has 0 saturated carbocycles. The third-order valence-electron chi connectivity index (χ3n) is 5.05. The van der Waals surface area contributed by atoms with Gasteiger partial charge in [-0.1, -0.05) is 17.7 Å². The Kier molecular flexibility index (Phi) is 7.30. The summed E-state index contributed by atoms with van der Waals surface area (Å²) in [6.07, 6.45) is 3.91. The number of carbonyl (C=O) groups excluding carboxylic acids is 2. The number of nitrogens with zero attached hydrogens (tertiary/aromatic N) is 3. The van der Waals surface area contributed by atoms with Crippen LogP contribution < -0.4 is 4.74 Å². The number of carbonyl (C=O) groups is 2. The molecule has 1 atom stereocenters. The first kappa shape index (κ1) is 22.8. The molecule has 1 saturated heterocycles. The lowest BCUT2D eigenvalue weighted by atomic mass is 9.96. The molecule has 1 amide bonds. The third-order valence-corrected chi connectivity index (χ3v) is 5.34. The molecule has 1 aromatic heterocycles. The molecule has 0 aliphatic carbocycles. The van der Waals surface area contributed by atoms with E-state index in [1.54, 1.807) is 36.7 Å². The molecule has 164 valence electrons. The molecular weight excluding hydrogens is 418 g/mol. The summed E-state index contributed by atoms with van der Waals surface area (Å²) < 4.78 is 5.43. The van der Waals surface area contributed by atoms with E-state index < -0.39 is 17.7 Å². The smallest absolute Gasteiger partial charge is 0.295 e. The molecule has 0 bridgehead atoms. The fraction of sp³-hybridized carbons (Fsp3) is 0.348. The molecule has 0 radical (unpaired) electrons. The second kappa shape index (κ2) is 9.94. The zero-order chi connectivity index (χ0) is 22.5. The van der Waals surface area contributed by atoms with E-state index in [1.807, 2.05) is 25.9 Å². The molecule has 31 heavy (non-hydrogen) atoms. The van der Waals surface area contributed by atoms with Crippen LogP contribution in [0, 0.1) is 0 Å². The number of aromatic nitrogens is 1. The molecule has 1 aromatic carbocycles. The normalized spacial score (nSPS) is 18.1. The Balaban J connectivity index is 2.06. The Morgan fingerprint density at radius 3 is 2.68 bits per heavy atom. The van der Waals surface area contributed by atoms with Gasteiger partial charge in [0.15, 0.2) is 0 Å². The van der Waals surface area contributed by atoms with Gasteiger partial charge in [-0.25, -0.2) is 0 Å². The number of pyridine rings is 1. The van der Waals surface area contributed by atoms with Gasteiger partial charge in [-0.05, 0) is 63.8 Å². The van der Waals surface area contributed by atoms with Crippen LogP contribution in [0.4, 0.5) is 0 Å². The predicted molar refractivity (Wildman–Crippen MR) is 119 cm³/mol. The van der Waals surface area contributed by atoms with Gasteiger partial charge in [-0.3, -0.25) is 14.6 Å². The number of benzene rings is 1. The minimum atomic E-state index is -0.721. The lowest BCUT2D eigenvalue weighted by molar-refractivity contribution is -0.139. The minimum Gasteiger partial charge on any atom is -0.507 e. The lowest BCUT2D eigenvalue weighted by Gasteiger charge is -2.25. The molecule has 2 heterocycles. The van der Waals surface area contributed by atoms with Crippen LogP contribution in [-0.4, -0.2) is 65.4 Å². The van der Waals surface area contributed by atoms with E-state index in [4.69, 9.17) is 16.3 Å². The average molecular weight is 444 g/mol. The third kappa shape index (κ3) is 4.89. The van der Waals surface area contributed by atoms with Crippen LogP contribution in [-0.2, 0) is 9.59 Å². The van der Waals surface area contributed by atoms with Crippen molar-refractivity contribution in [3.8, 4) is 5.75 Å². The molecule has 7 nitrogen and oxygen atoms in total. The first-order valence-corrected chi connectivity index (χ1v) is 10.5. The fourth-order valence-corrected chi connectivity index (χ4v) is 3.86. The molecule has 1 unspecified atom stereocenters. The highest BCUT2D eigenvalue weighted by atomic mass is 35.5. The van der Waals surface area contributed by atoms with Crippen molar-refractivity contribution in [3.05, 3.63) is 64.4 Å². The number of hydrogen-bond donors (Lipinski definition) is 1. The number of aliphatic hydroxyl groups excluding tert-OH is 1. The van der Waals surface area contributed by atoms with Gasteiger partial charge in [-0.15, -0.1) is 0 Å². The summed E-state index contributed by atoms with van der Waals surface area (Å²) in [4.78, 5) is 33.5. The maximum absolute atomic E-state index is 13.0. The van der Waals surface area contributed by atoms with Crippen LogP contribution in [0.1, 0.15) is 30.5 Å². The first-order valence-electron chi connectivity index (χ1n) is 10.1. The molecule has 1 fully saturated rings. The second-order valence-corrected chi connectivity index (χ2v) is 7.92. The summed E-state index contributed by atoms with van der Waals surface area (Å²) in [5.41, 5.74) is 1.03. The van der Waals surface area contributed by atoms with Gasteiger partial charge in [0, 0.05) is 24.5 Å². The first-order chi connectivity index (χ1) is 14.8. The lowest BCUT2D eigenvalue weighted by Crippen LogP contribution is -2.32. The molecule has 3 rings (SSSR count). The van der Waals surface area contributed by atoms with Crippen molar-refractivity contribution in [2.75, 3.05) is 33.8 Å². The van der Waals surface area contributed by atoms with E-state index in [0.29, 0.717) is 41.5 Å². The summed E-state index contributed by atoms with van der Waals surface area (Å²) in [5, 5.41) is 11.4. The Hall–Kier alpha value is -2.90. The van der Waals surface area contributed by atoms with Gasteiger partial charge < -0.3 is 19.6 Å². The largest absolute Gasteiger partial charge is 0.507 e. The van der Waals surface area contributed by atoms with Gasteiger partial charge in [0.05, 0.1) is 23.2 Å². The molecule has 1 aliphatic heterocycles. The van der Waals surface area contributed by atoms with Crippen molar-refractivity contribution in [1.29, 1.82) is 0 Å². The SMILES string of the molecule is CCOc1ccc(/C(O)=C2/C(=O)C(=O)N(CCCN(C)C)C2c2cccnc2)cc1Cl. The fourth-order valence-electron chi connectivity index (χ4n) is 3.63. The van der Waals surface area contributed by atoms with Crippen LogP contribution >= 0.6 is 11.6 Å². The number of ketones is 1. The number of Topliss-reactive ketones (excluding diaryl/α,β-unsaturated/α-hetero) is 1. The topological polar surface area (TPSA) is 83.0 Å².